The van der Waals surface area contributed by atoms with Gasteiger partial charge in [0, 0.05) is 17.3 Å². The predicted octanol–water partition coefficient (Wildman–Crippen LogP) is 5.11. The van der Waals surface area contributed by atoms with Gasteiger partial charge in [-0.1, -0.05) is 30.3 Å². The van der Waals surface area contributed by atoms with Crippen molar-refractivity contribution in [3.05, 3.63) is 77.6 Å². The molecule has 0 spiro atoms. The highest BCUT2D eigenvalue weighted by molar-refractivity contribution is 5.93. The van der Waals surface area contributed by atoms with E-state index in [0.717, 1.165) is 11.3 Å². The highest BCUT2D eigenvalue weighted by Crippen LogP contribution is 2.33. The molecule has 5 heteroatoms. The van der Waals surface area contributed by atoms with Crippen LogP contribution in [-0.4, -0.2) is 18.9 Å². The third-order valence-corrected chi connectivity index (χ3v) is 4.21. The van der Waals surface area contributed by atoms with Gasteiger partial charge in [0.2, 0.25) is 0 Å². The molecule has 3 aromatic rings. The van der Waals surface area contributed by atoms with Gasteiger partial charge in [-0.05, 0) is 49.7 Å². The zero-order chi connectivity index (χ0) is 19.2. The number of ether oxygens (including phenoxy) is 1. The zero-order valence-electron chi connectivity index (χ0n) is 15.3. The van der Waals surface area contributed by atoms with E-state index in [2.05, 4.69) is 12.2 Å². The molecule has 0 aliphatic carbocycles. The fourth-order valence-electron chi connectivity index (χ4n) is 2.83. The van der Waals surface area contributed by atoms with Gasteiger partial charge in [0.15, 0.2) is 12.0 Å². The van der Waals surface area contributed by atoms with E-state index in [0.29, 0.717) is 29.8 Å². The van der Waals surface area contributed by atoms with Crippen LogP contribution in [0.5, 0.6) is 0 Å². The van der Waals surface area contributed by atoms with Gasteiger partial charge in [-0.15, -0.1) is 0 Å². The summed E-state index contributed by atoms with van der Waals surface area (Å²) >= 11 is 0. The Morgan fingerprint density at radius 3 is 2.59 bits per heavy atom. The smallest absolute Gasteiger partial charge is 0.338 e. The average molecular weight is 363 g/mol. The number of carbonyl (C=O) groups is 2. The third kappa shape index (κ3) is 4.26. The van der Waals surface area contributed by atoms with Gasteiger partial charge >= 0.3 is 5.97 Å². The van der Waals surface area contributed by atoms with Crippen molar-refractivity contribution >= 4 is 17.9 Å². The van der Waals surface area contributed by atoms with Gasteiger partial charge < -0.3 is 14.5 Å². The van der Waals surface area contributed by atoms with Gasteiger partial charge in [0.1, 0.15) is 5.76 Å². The average Bonchev–Trinajstić information content (AvgIpc) is 3.18. The van der Waals surface area contributed by atoms with Crippen LogP contribution >= 0.6 is 0 Å². The summed E-state index contributed by atoms with van der Waals surface area (Å²) in [5.74, 6) is 0.336. The van der Waals surface area contributed by atoms with Crippen LogP contribution in [0.3, 0.4) is 0 Å². The molecular formula is C22H21NO4. The summed E-state index contributed by atoms with van der Waals surface area (Å²) < 4.78 is 10.7. The molecule has 1 heterocycles. The van der Waals surface area contributed by atoms with Crippen LogP contribution in [0.4, 0.5) is 5.69 Å². The molecule has 138 valence electrons. The van der Waals surface area contributed by atoms with Gasteiger partial charge in [0.05, 0.1) is 12.2 Å². The maximum absolute atomic E-state index is 12.1. The summed E-state index contributed by atoms with van der Waals surface area (Å²) in [6.45, 7) is 4.12. The molecule has 0 saturated heterocycles. The quantitative estimate of drug-likeness (QED) is 0.467. The Balaban J connectivity index is 1.98. The lowest BCUT2D eigenvalue weighted by Gasteiger charge is -2.18. The number of nitrogens with one attached hydrogen (secondary N) is 1. The third-order valence-electron chi connectivity index (χ3n) is 4.21. The lowest BCUT2D eigenvalue weighted by molar-refractivity contribution is 0.0526. The minimum absolute atomic E-state index is 0.0406. The Morgan fingerprint density at radius 1 is 1.15 bits per heavy atom. The van der Waals surface area contributed by atoms with Crippen LogP contribution in [0.25, 0.3) is 11.3 Å². The number of rotatable bonds is 7. The number of aldehydes is 1. The van der Waals surface area contributed by atoms with Crippen molar-refractivity contribution in [2.75, 3.05) is 11.9 Å². The second-order valence-corrected chi connectivity index (χ2v) is 6.08. The molecule has 1 unspecified atom stereocenters. The Kier molecular flexibility index (Phi) is 5.71. The van der Waals surface area contributed by atoms with Gasteiger partial charge in [-0.25, -0.2) is 4.79 Å². The molecule has 1 N–H and O–H groups in total. The monoisotopic (exact) mass is 363 g/mol. The number of hydrogen-bond donors (Lipinski definition) is 1. The molecule has 5 nitrogen and oxygen atoms in total. The first kappa shape index (κ1) is 18.5. The standard InChI is InChI=1S/C22H21NO4/c1-3-26-22(25)17-9-11-20(23-15(2)16-7-5-4-6-8-16)19(13-17)21-12-10-18(14-24)27-21/h4-15,23H,3H2,1-2H3. The SMILES string of the molecule is CCOC(=O)c1ccc(NC(C)c2ccccc2)c(-c2ccc(C=O)o2)c1. The molecule has 3 rings (SSSR count). The lowest BCUT2D eigenvalue weighted by atomic mass is 10.0. The minimum atomic E-state index is -0.399. The first-order valence-corrected chi connectivity index (χ1v) is 8.80. The van der Waals surface area contributed by atoms with Crippen molar-refractivity contribution < 1.29 is 18.7 Å². The van der Waals surface area contributed by atoms with E-state index in [-0.39, 0.29) is 11.8 Å². The van der Waals surface area contributed by atoms with Gasteiger partial charge in [0.25, 0.3) is 0 Å². The Hall–Kier alpha value is -3.34. The molecular weight excluding hydrogens is 342 g/mol. The van der Waals surface area contributed by atoms with E-state index >= 15 is 0 Å². The van der Waals surface area contributed by atoms with Crippen LogP contribution in [-0.2, 0) is 4.74 Å². The maximum atomic E-state index is 12.1. The van der Waals surface area contributed by atoms with E-state index in [1.54, 1.807) is 31.2 Å². The summed E-state index contributed by atoms with van der Waals surface area (Å²) in [4.78, 5) is 23.1. The van der Waals surface area contributed by atoms with Crippen LogP contribution < -0.4 is 5.32 Å². The van der Waals surface area contributed by atoms with Crippen molar-refractivity contribution in [1.29, 1.82) is 0 Å². The predicted molar refractivity (Wildman–Crippen MR) is 104 cm³/mol. The van der Waals surface area contributed by atoms with Crippen molar-refractivity contribution in [3.63, 3.8) is 0 Å². The molecule has 0 aliphatic heterocycles. The second kappa shape index (κ2) is 8.36. The summed E-state index contributed by atoms with van der Waals surface area (Å²) in [6.07, 6.45) is 0.651. The van der Waals surface area contributed by atoms with E-state index in [9.17, 15) is 9.59 Å². The van der Waals surface area contributed by atoms with Gasteiger partial charge in [-0.2, -0.15) is 0 Å². The Morgan fingerprint density at radius 2 is 1.93 bits per heavy atom. The van der Waals surface area contributed by atoms with Crippen LogP contribution in [0.15, 0.2) is 65.1 Å². The van der Waals surface area contributed by atoms with Crippen molar-refractivity contribution in [2.24, 2.45) is 0 Å². The second-order valence-electron chi connectivity index (χ2n) is 6.08. The summed E-state index contributed by atoms with van der Waals surface area (Å²) in [5.41, 5.74) is 3.04. The summed E-state index contributed by atoms with van der Waals surface area (Å²) in [6, 6.07) is 18.6. The largest absolute Gasteiger partial charge is 0.462 e. The Labute approximate surface area is 158 Å². The van der Waals surface area contributed by atoms with Crippen molar-refractivity contribution in [2.45, 2.75) is 19.9 Å². The number of esters is 1. The molecule has 0 saturated carbocycles. The molecule has 27 heavy (non-hydrogen) atoms. The summed E-state index contributed by atoms with van der Waals surface area (Å²) in [5, 5.41) is 3.45. The van der Waals surface area contributed by atoms with Crippen LogP contribution in [0, 0.1) is 0 Å². The minimum Gasteiger partial charge on any atom is -0.462 e. The molecule has 0 radical (unpaired) electrons. The van der Waals surface area contributed by atoms with E-state index < -0.39 is 5.97 Å². The topological polar surface area (TPSA) is 68.5 Å². The number of benzene rings is 2. The van der Waals surface area contributed by atoms with Crippen molar-refractivity contribution in [3.8, 4) is 11.3 Å². The molecule has 0 amide bonds. The number of carbonyl (C=O) groups excluding carboxylic acids is 2. The molecule has 1 aromatic heterocycles. The molecule has 0 fully saturated rings. The van der Waals surface area contributed by atoms with Gasteiger partial charge in [-0.3, -0.25) is 4.79 Å². The maximum Gasteiger partial charge on any atom is 0.338 e. The Bertz CT molecular complexity index is 930. The van der Waals surface area contributed by atoms with E-state index in [4.69, 9.17) is 9.15 Å². The van der Waals surface area contributed by atoms with E-state index in [1.165, 1.54) is 0 Å². The number of anilines is 1. The fraction of sp³-hybridized carbons (Fsp3) is 0.182. The summed E-state index contributed by atoms with van der Waals surface area (Å²) in [7, 11) is 0. The molecule has 0 aliphatic rings. The van der Waals surface area contributed by atoms with Crippen LogP contribution in [0.2, 0.25) is 0 Å². The first-order chi connectivity index (χ1) is 13.1. The molecule has 0 bridgehead atoms. The molecule has 2 aromatic carbocycles. The van der Waals surface area contributed by atoms with E-state index in [1.807, 2.05) is 36.4 Å². The van der Waals surface area contributed by atoms with Crippen LogP contribution in [0.1, 0.15) is 46.4 Å². The number of furan rings is 1. The fourth-order valence-corrected chi connectivity index (χ4v) is 2.83. The van der Waals surface area contributed by atoms with Crippen molar-refractivity contribution in [1.82, 2.24) is 0 Å². The normalized spacial score (nSPS) is 11.6. The number of hydrogen-bond acceptors (Lipinski definition) is 5. The highest BCUT2D eigenvalue weighted by Gasteiger charge is 2.16. The highest BCUT2D eigenvalue weighted by atomic mass is 16.5. The zero-order valence-corrected chi connectivity index (χ0v) is 15.3. The lowest BCUT2D eigenvalue weighted by Crippen LogP contribution is -2.09. The molecule has 1 atom stereocenters. The first-order valence-electron chi connectivity index (χ1n) is 8.80.